The fourth-order valence-corrected chi connectivity index (χ4v) is 3.21. The lowest BCUT2D eigenvalue weighted by atomic mass is 10.1. The lowest BCUT2D eigenvalue weighted by Crippen LogP contribution is -2.03. The summed E-state index contributed by atoms with van der Waals surface area (Å²) in [6, 6.07) is 17.9. The molecule has 0 bridgehead atoms. The van der Waals surface area contributed by atoms with Crippen LogP contribution in [-0.2, 0) is 13.2 Å². The van der Waals surface area contributed by atoms with Crippen LogP contribution in [0.15, 0.2) is 60.7 Å². The van der Waals surface area contributed by atoms with Gasteiger partial charge in [-0.2, -0.15) is 0 Å². The van der Waals surface area contributed by atoms with Crippen LogP contribution in [0.2, 0.25) is 10.0 Å². The first-order valence-corrected chi connectivity index (χ1v) is 9.52. The molecular weight excluding hydrogens is 413 g/mol. The van der Waals surface area contributed by atoms with E-state index in [1.54, 1.807) is 19.2 Å². The molecule has 29 heavy (non-hydrogen) atoms. The Morgan fingerprint density at radius 3 is 2.52 bits per heavy atom. The molecule has 0 saturated heterocycles. The Morgan fingerprint density at radius 1 is 1.00 bits per heavy atom. The van der Waals surface area contributed by atoms with Crippen LogP contribution in [0.1, 0.15) is 21.5 Å². The standard InChI is InChI=1S/C22H19Cl2NO4/c1-28-21-10-14(12-25-17-6-7-18(22(26)27)19(24)11-17)5-8-20(21)29-13-15-3-2-4-16(23)9-15/h2-11,25H,12-13H2,1H3,(H,26,27). The number of nitrogens with one attached hydrogen (secondary N) is 1. The Kier molecular flexibility index (Phi) is 6.86. The number of carboxylic acid groups (broad SMARTS) is 1. The lowest BCUT2D eigenvalue weighted by molar-refractivity contribution is 0.0697. The van der Waals surface area contributed by atoms with Crippen molar-refractivity contribution in [3.63, 3.8) is 0 Å². The molecule has 0 spiro atoms. The van der Waals surface area contributed by atoms with Crippen LogP contribution >= 0.6 is 23.2 Å². The van der Waals surface area contributed by atoms with Gasteiger partial charge in [0.2, 0.25) is 0 Å². The van der Waals surface area contributed by atoms with Gasteiger partial charge in [0.25, 0.3) is 0 Å². The fourth-order valence-electron chi connectivity index (χ4n) is 2.73. The maximum absolute atomic E-state index is 11.0. The topological polar surface area (TPSA) is 67.8 Å². The average Bonchev–Trinajstić information content (AvgIpc) is 2.70. The van der Waals surface area contributed by atoms with Gasteiger partial charge in [0, 0.05) is 17.3 Å². The molecule has 3 rings (SSSR count). The number of carbonyl (C=O) groups is 1. The van der Waals surface area contributed by atoms with E-state index >= 15 is 0 Å². The number of carboxylic acids is 1. The molecule has 0 aliphatic carbocycles. The summed E-state index contributed by atoms with van der Waals surface area (Å²) in [6.07, 6.45) is 0. The smallest absolute Gasteiger partial charge is 0.337 e. The molecule has 3 aromatic rings. The Hall–Kier alpha value is -2.89. The maximum atomic E-state index is 11.0. The molecular formula is C22H19Cl2NO4. The molecule has 0 fully saturated rings. The summed E-state index contributed by atoms with van der Waals surface area (Å²) in [7, 11) is 1.59. The molecule has 0 aliphatic heterocycles. The minimum absolute atomic E-state index is 0.0695. The van der Waals surface area contributed by atoms with E-state index in [1.165, 1.54) is 6.07 Å². The molecule has 0 aromatic heterocycles. The number of hydrogen-bond donors (Lipinski definition) is 2. The molecule has 0 aliphatic rings. The molecule has 0 radical (unpaired) electrons. The first-order valence-electron chi connectivity index (χ1n) is 8.77. The van der Waals surface area contributed by atoms with Crippen molar-refractivity contribution in [3.8, 4) is 11.5 Å². The van der Waals surface area contributed by atoms with E-state index in [1.807, 2.05) is 42.5 Å². The van der Waals surface area contributed by atoms with Gasteiger partial charge in [-0.25, -0.2) is 4.79 Å². The van der Waals surface area contributed by atoms with E-state index in [2.05, 4.69) is 5.32 Å². The average molecular weight is 432 g/mol. The molecule has 0 unspecified atom stereocenters. The number of anilines is 1. The van der Waals surface area contributed by atoms with Crippen LogP contribution in [0.25, 0.3) is 0 Å². The molecule has 0 heterocycles. The number of hydrogen-bond acceptors (Lipinski definition) is 4. The normalized spacial score (nSPS) is 10.4. The van der Waals surface area contributed by atoms with E-state index in [0.29, 0.717) is 29.7 Å². The van der Waals surface area contributed by atoms with Crippen LogP contribution in [0, 0.1) is 0 Å². The van der Waals surface area contributed by atoms with Crippen molar-refractivity contribution in [1.82, 2.24) is 0 Å². The molecule has 0 saturated carbocycles. The predicted octanol–water partition coefficient (Wildman–Crippen LogP) is 5.89. The first-order chi connectivity index (χ1) is 14.0. The summed E-state index contributed by atoms with van der Waals surface area (Å²) in [5, 5.41) is 13.1. The third-order valence-electron chi connectivity index (χ3n) is 4.21. The van der Waals surface area contributed by atoms with Gasteiger partial charge in [0.15, 0.2) is 11.5 Å². The molecule has 0 amide bonds. The van der Waals surface area contributed by atoms with Crippen molar-refractivity contribution in [1.29, 1.82) is 0 Å². The highest BCUT2D eigenvalue weighted by Gasteiger charge is 2.10. The van der Waals surface area contributed by atoms with Crippen molar-refractivity contribution in [3.05, 3.63) is 87.4 Å². The van der Waals surface area contributed by atoms with E-state index in [0.717, 1.165) is 16.8 Å². The summed E-state index contributed by atoms with van der Waals surface area (Å²) < 4.78 is 11.3. The Morgan fingerprint density at radius 2 is 1.83 bits per heavy atom. The molecule has 3 aromatic carbocycles. The minimum atomic E-state index is -1.06. The second-order valence-corrected chi connectivity index (χ2v) is 7.10. The van der Waals surface area contributed by atoms with E-state index in [-0.39, 0.29) is 10.6 Å². The van der Waals surface area contributed by atoms with Crippen molar-refractivity contribution in [2.45, 2.75) is 13.2 Å². The monoisotopic (exact) mass is 431 g/mol. The summed E-state index contributed by atoms with van der Waals surface area (Å²) in [5.41, 5.74) is 2.72. The van der Waals surface area contributed by atoms with Crippen LogP contribution < -0.4 is 14.8 Å². The second kappa shape index (κ2) is 9.54. The number of rotatable bonds is 8. The lowest BCUT2D eigenvalue weighted by Gasteiger charge is -2.13. The summed E-state index contributed by atoms with van der Waals surface area (Å²) >= 11 is 12.0. The highest BCUT2D eigenvalue weighted by atomic mass is 35.5. The third kappa shape index (κ3) is 5.56. The number of ether oxygens (including phenoxy) is 2. The molecule has 7 heteroatoms. The van der Waals surface area contributed by atoms with Crippen LogP contribution in [0.5, 0.6) is 11.5 Å². The van der Waals surface area contributed by atoms with Gasteiger partial charge in [-0.05, 0) is 53.6 Å². The van der Waals surface area contributed by atoms with E-state index in [4.69, 9.17) is 37.8 Å². The second-order valence-electron chi connectivity index (χ2n) is 6.26. The van der Waals surface area contributed by atoms with Gasteiger partial charge >= 0.3 is 5.97 Å². The highest BCUT2D eigenvalue weighted by Crippen LogP contribution is 2.30. The molecule has 150 valence electrons. The van der Waals surface area contributed by atoms with Gasteiger partial charge in [-0.3, -0.25) is 0 Å². The maximum Gasteiger partial charge on any atom is 0.337 e. The van der Waals surface area contributed by atoms with Crippen molar-refractivity contribution >= 4 is 34.9 Å². The zero-order valence-corrected chi connectivity index (χ0v) is 17.1. The summed E-state index contributed by atoms with van der Waals surface area (Å²) in [4.78, 5) is 11.0. The number of halogens is 2. The van der Waals surface area contributed by atoms with Gasteiger partial charge in [0.05, 0.1) is 17.7 Å². The van der Waals surface area contributed by atoms with Gasteiger partial charge < -0.3 is 19.9 Å². The molecule has 5 nitrogen and oxygen atoms in total. The van der Waals surface area contributed by atoms with Crippen LogP contribution in [-0.4, -0.2) is 18.2 Å². The van der Waals surface area contributed by atoms with Gasteiger partial charge in [-0.15, -0.1) is 0 Å². The summed E-state index contributed by atoms with van der Waals surface area (Å²) in [6.45, 7) is 0.886. The van der Waals surface area contributed by atoms with Crippen LogP contribution in [0.4, 0.5) is 5.69 Å². The van der Waals surface area contributed by atoms with Crippen molar-refractivity contribution in [2.24, 2.45) is 0 Å². The summed E-state index contributed by atoms with van der Waals surface area (Å²) in [5.74, 6) is 0.190. The Labute approximate surface area is 178 Å². The van der Waals surface area contributed by atoms with Gasteiger partial charge in [-0.1, -0.05) is 41.4 Å². The molecule has 0 atom stereocenters. The number of benzene rings is 3. The predicted molar refractivity (Wildman–Crippen MR) is 115 cm³/mol. The highest BCUT2D eigenvalue weighted by molar-refractivity contribution is 6.33. The zero-order valence-electron chi connectivity index (χ0n) is 15.6. The quantitative estimate of drug-likeness (QED) is 0.465. The van der Waals surface area contributed by atoms with Gasteiger partial charge in [0.1, 0.15) is 6.61 Å². The Balaban J connectivity index is 1.65. The first kappa shape index (κ1) is 20.8. The number of aromatic carboxylic acids is 1. The van der Waals surface area contributed by atoms with E-state index in [9.17, 15) is 4.79 Å². The number of methoxy groups -OCH3 is 1. The minimum Gasteiger partial charge on any atom is -0.493 e. The molecule has 2 N–H and O–H groups in total. The van der Waals surface area contributed by atoms with Crippen LogP contribution in [0.3, 0.4) is 0 Å². The fraction of sp³-hybridized carbons (Fsp3) is 0.136. The largest absolute Gasteiger partial charge is 0.493 e. The van der Waals surface area contributed by atoms with Crippen molar-refractivity contribution in [2.75, 3.05) is 12.4 Å². The zero-order chi connectivity index (χ0) is 20.8. The Bertz CT molecular complexity index is 1020. The van der Waals surface area contributed by atoms with Crippen molar-refractivity contribution < 1.29 is 19.4 Å². The van der Waals surface area contributed by atoms with E-state index < -0.39 is 5.97 Å². The SMILES string of the molecule is COc1cc(CNc2ccc(C(=O)O)c(Cl)c2)ccc1OCc1cccc(Cl)c1. The third-order valence-corrected chi connectivity index (χ3v) is 4.76.